The van der Waals surface area contributed by atoms with Crippen LogP contribution in [0.4, 0.5) is 5.82 Å². The first-order chi connectivity index (χ1) is 8.16. The van der Waals surface area contributed by atoms with Crippen molar-refractivity contribution >= 4 is 17.0 Å². The van der Waals surface area contributed by atoms with Crippen molar-refractivity contribution in [1.29, 1.82) is 0 Å². The lowest BCUT2D eigenvalue weighted by molar-refractivity contribution is 0.657. The van der Waals surface area contributed by atoms with Gasteiger partial charge in [-0.2, -0.15) is 0 Å². The molecule has 0 radical (unpaired) electrons. The molecule has 1 unspecified atom stereocenters. The number of hydrogen-bond donors (Lipinski definition) is 1. The minimum Gasteiger partial charge on any atom is -0.360 e. The number of aromatic nitrogens is 3. The molecule has 5 heteroatoms. The number of fused-ring (bicyclic) bond motifs is 1. The molecule has 0 saturated carbocycles. The predicted octanol–water partition coefficient (Wildman–Crippen LogP) is 1.20. The number of nitrogens with two attached hydrogens (primary N) is 1. The van der Waals surface area contributed by atoms with Gasteiger partial charge in [-0.1, -0.05) is 0 Å². The lowest BCUT2D eigenvalue weighted by Gasteiger charge is -2.19. The molecule has 0 aliphatic carbocycles. The van der Waals surface area contributed by atoms with E-state index in [0.717, 1.165) is 24.3 Å². The van der Waals surface area contributed by atoms with Crippen LogP contribution in [0.2, 0.25) is 0 Å². The van der Waals surface area contributed by atoms with Crippen LogP contribution in [0.15, 0.2) is 24.5 Å². The number of rotatable bonds is 4. The molecule has 0 aliphatic rings. The molecule has 0 spiro atoms. The van der Waals surface area contributed by atoms with Crippen LogP contribution in [0.1, 0.15) is 13.3 Å². The van der Waals surface area contributed by atoms with Gasteiger partial charge in [0.25, 0.3) is 0 Å². The maximum absolute atomic E-state index is 5.74. The van der Waals surface area contributed by atoms with Crippen LogP contribution in [-0.4, -0.2) is 34.6 Å². The Labute approximate surface area is 101 Å². The van der Waals surface area contributed by atoms with E-state index in [-0.39, 0.29) is 6.04 Å². The average molecular weight is 231 g/mol. The molecular formula is C12H17N5. The van der Waals surface area contributed by atoms with Crippen molar-refractivity contribution in [1.82, 2.24) is 15.0 Å². The third-order valence-electron chi connectivity index (χ3n) is 2.63. The van der Waals surface area contributed by atoms with Crippen LogP contribution in [-0.2, 0) is 0 Å². The Balaban J connectivity index is 2.18. The molecule has 2 aromatic rings. The van der Waals surface area contributed by atoms with Crippen LogP contribution in [0.25, 0.3) is 11.2 Å². The molecule has 17 heavy (non-hydrogen) atoms. The van der Waals surface area contributed by atoms with Crippen molar-refractivity contribution in [2.45, 2.75) is 19.4 Å². The summed E-state index contributed by atoms with van der Waals surface area (Å²) in [5, 5.41) is 0. The van der Waals surface area contributed by atoms with Gasteiger partial charge in [0, 0.05) is 32.0 Å². The largest absolute Gasteiger partial charge is 0.360 e. The Morgan fingerprint density at radius 2 is 2.06 bits per heavy atom. The first kappa shape index (κ1) is 11.7. The molecule has 0 amide bonds. The fraction of sp³-hybridized carbons (Fsp3) is 0.417. The van der Waals surface area contributed by atoms with E-state index < -0.39 is 0 Å². The summed E-state index contributed by atoms with van der Waals surface area (Å²) in [4.78, 5) is 14.9. The van der Waals surface area contributed by atoms with Crippen molar-refractivity contribution < 1.29 is 0 Å². The minimum atomic E-state index is 0.206. The van der Waals surface area contributed by atoms with Gasteiger partial charge in [0.15, 0.2) is 5.65 Å². The lowest BCUT2D eigenvalue weighted by atomic mass is 10.2. The van der Waals surface area contributed by atoms with Gasteiger partial charge in [0.1, 0.15) is 11.3 Å². The quantitative estimate of drug-likeness (QED) is 0.856. The van der Waals surface area contributed by atoms with Gasteiger partial charge in [-0.05, 0) is 25.5 Å². The van der Waals surface area contributed by atoms with Crippen LogP contribution in [0.3, 0.4) is 0 Å². The van der Waals surface area contributed by atoms with Gasteiger partial charge in [-0.15, -0.1) is 0 Å². The van der Waals surface area contributed by atoms with E-state index in [9.17, 15) is 0 Å². The van der Waals surface area contributed by atoms with Gasteiger partial charge >= 0.3 is 0 Å². The molecule has 90 valence electrons. The van der Waals surface area contributed by atoms with E-state index in [1.807, 2.05) is 26.1 Å². The van der Waals surface area contributed by atoms with E-state index in [1.165, 1.54) is 0 Å². The second-order valence-electron chi connectivity index (χ2n) is 4.26. The summed E-state index contributed by atoms with van der Waals surface area (Å²) in [5.74, 6) is 0.902. The summed E-state index contributed by atoms with van der Waals surface area (Å²) in [7, 11) is 2.01. The maximum Gasteiger partial charge on any atom is 0.180 e. The highest BCUT2D eigenvalue weighted by atomic mass is 15.2. The Kier molecular flexibility index (Phi) is 3.49. The van der Waals surface area contributed by atoms with Crippen molar-refractivity contribution in [3.8, 4) is 0 Å². The summed E-state index contributed by atoms with van der Waals surface area (Å²) in [6, 6.07) is 4.10. The lowest BCUT2D eigenvalue weighted by Crippen LogP contribution is -2.26. The second-order valence-corrected chi connectivity index (χ2v) is 4.26. The standard InChI is InChI=1S/C12H17N5/c1-9(13)5-8-17(2)11-4-3-10-12(16-11)15-7-6-14-10/h3-4,6-7,9H,5,8,13H2,1-2H3. The predicted molar refractivity (Wildman–Crippen MR) is 68.9 cm³/mol. The molecule has 2 aromatic heterocycles. The first-order valence-electron chi connectivity index (χ1n) is 5.71. The molecular weight excluding hydrogens is 214 g/mol. The Morgan fingerprint density at radius 1 is 1.29 bits per heavy atom. The number of pyridine rings is 1. The summed E-state index contributed by atoms with van der Waals surface area (Å²) >= 11 is 0. The molecule has 2 N–H and O–H groups in total. The van der Waals surface area contributed by atoms with Gasteiger partial charge < -0.3 is 10.6 Å². The number of anilines is 1. The first-order valence-corrected chi connectivity index (χ1v) is 5.71. The summed E-state index contributed by atoms with van der Waals surface area (Å²) in [6.07, 6.45) is 4.27. The van der Waals surface area contributed by atoms with Crippen LogP contribution < -0.4 is 10.6 Å². The highest BCUT2D eigenvalue weighted by Gasteiger charge is 2.05. The van der Waals surface area contributed by atoms with Crippen molar-refractivity contribution in [2.24, 2.45) is 5.73 Å². The number of hydrogen-bond acceptors (Lipinski definition) is 5. The van der Waals surface area contributed by atoms with E-state index in [0.29, 0.717) is 5.65 Å². The van der Waals surface area contributed by atoms with E-state index in [2.05, 4.69) is 19.9 Å². The summed E-state index contributed by atoms with van der Waals surface area (Å²) < 4.78 is 0. The van der Waals surface area contributed by atoms with E-state index >= 15 is 0 Å². The van der Waals surface area contributed by atoms with Gasteiger partial charge in [0.05, 0.1) is 0 Å². The minimum absolute atomic E-state index is 0.206. The Bertz CT molecular complexity index is 497. The third kappa shape index (κ3) is 2.88. The van der Waals surface area contributed by atoms with Gasteiger partial charge in [0.2, 0.25) is 0 Å². The highest BCUT2D eigenvalue weighted by Crippen LogP contribution is 2.13. The SMILES string of the molecule is CC(N)CCN(C)c1ccc2nccnc2n1. The molecule has 0 bridgehead atoms. The van der Waals surface area contributed by atoms with E-state index in [4.69, 9.17) is 5.73 Å². The third-order valence-corrected chi connectivity index (χ3v) is 2.63. The van der Waals surface area contributed by atoms with Gasteiger partial charge in [-0.3, -0.25) is 4.98 Å². The second kappa shape index (κ2) is 5.05. The normalized spacial score (nSPS) is 12.6. The molecule has 1 atom stereocenters. The van der Waals surface area contributed by atoms with E-state index in [1.54, 1.807) is 12.4 Å². The van der Waals surface area contributed by atoms with Crippen molar-refractivity contribution in [3.05, 3.63) is 24.5 Å². The monoisotopic (exact) mass is 231 g/mol. The highest BCUT2D eigenvalue weighted by molar-refractivity contribution is 5.71. The molecule has 5 nitrogen and oxygen atoms in total. The smallest absolute Gasteiger partial charge is 0.180 e. The van der Waals surface area contributed by atoms with Crippen molar-refractivity contribution in [2.75, 3.05) is 18.5 Å². The molecule has 0 aromatic carbocycles. The topological polar surface area (TPSA) is 67.9 Å². The zero-order chi connectivity index (χ0) is 12.3. The molecule has 2 heterocycles. The Morgan fingerprint density at radius 3 is 2.82 bits per heavy atom. The van der Waals surface area contributed by atoms with Crippen LogP contribution >= 0.6 is 0 Å². The summed E-state index contributed by atoms with van der Waals surface area (Å²) in [5.41, 5.74) is 7.23. The van der Waals surface area contributed by atoms with Crippen LogP contribution in [0.5, 0.6) is 0 Å². The van der Waals surface area contributed by atoms with Gasteiger partial charge in [-0.25, -0.2) is 9.97 Å². The molecule has 0 aliphatic heterocycles. The molecule has 0 fully saturated rings. The zero-order valence-corrected chi connectivity index (χ0v) is 10.2. The van der Waals surface area contributed by atoms with Crippen LogP contribution in [0, 0.1) is 0 Å². The fourth-order valence-corrected chi connectivity index (χ4v) is 1.57. The molecule has 2 rings (SSSR count). The average Bonchev–Trinajstić information content (AvgIpc) is 2.35. The molecule has 0 saturated heterocycles. The zero-order valence-electron chi connectivity index (χ0n) is 10.2. The Hall–Kier alpha value is -1.75. The summed E-state index contributed by atoms with van der Waals surface area (Å²) in [6.45, 7) is 2.89. The maximum atomic E-state index is 5.74. The van der Waals surface area contributed by atoms with Crippen molar-refractivity contribution in [3.63, 3.8) is 0 Å². The fourth-order valence-electron chi connectivity index (χ4n) is 1.57. The number of nitrogens with zero attached hydrogens (tertiary/aromatic N) is 4.